The summed E-state index contributed by atoms with van der Waals surface area (Å²) in [4.78, 5) is 24.9. The third-order valence-corrected chi connectivity index (χ3v) is 4.21. The summed E-state index contributed by atoms with van der Waals surface area (Å²) in [5.41, 5.74) is 0. The lowest BCUT2D eigenvalue weighted by Gasteiger charge is -2.30. The summed E-state index contributed by atoms with van der Waals surface area (Å²) in [6.07, 6.45) is 1.35. The van der Waals surface area contributed by atoms with Crippen molar-refractivity contribution < 1.29 is 19.4 Å². The number of rotatable bonds is 4. The van der Waals surface area contributed by atoms with Crippen molar-refractivity contribution in [3.05, 3.63) is 42.5 Å². The molecule has 0 radical (unpaired) electrons. The average molecular weight is 313 g/mol. The number of carboxylic acid groups (broad SMARTS) is 1. The summed E-state index contributed by atoms with van der Waals surface area (Å²) < 4.78 is 5.59. The molecule has 1 N–H and O–H groups in total. The number of likely N-dealkylation sites (tertiary alicyclic amines) is 1. The fourth-order valence-electron chi connectivity index (χ4n) is 2.90. The van der Waals surface area contributed by atoms with Crippen LogP contribution in [0.4, 0.5) is 0 Å². The summed E-state index contributed by atoms with van der Waals surface area (Å²) in [6.45, 7) is 0.809. The number of amides is 1. The Bertz CT molecular complexity index is 728. The van der Waals surface area contributed by atoms with E-state index in [2.05, 4.69) is 0 Å². The number of benzene rings is 2. The van der Waals surface area contributed by atoms with E-state index in [0.717, 1.165) is 17.2 Å². The molecule has 23 heavy (non-hydrogen) atoms. The van der Waals surface area contributed by atoms with Gasteiger partial charge in [0, 0.05) is 13.1 Å². The predicted octanol–water partition coefficient (Wildman–Crippen LogP) is 2.54. The zero-order chi connectivity index (χ0) is 16.2. The van der Waals surface area contributed by atoms with Crippen LogP contribution in [0.3, 0.4) is 0 Å². The summed E-state index contributed by atoms with van der Waals surface area (Å²) in [5.74, 6) is -0.820. The SMILES string of the molecule is O=C(O)[C@@H]1CCCN(C(=O)COc2ccc3ccccc3c2)C1. The van der Waals surface area contributed by atoms with Gasteiger partial charge in [-0.2, -0.15) is 0 Å². The van der Waals surface area contributed by atoms with Gasteiger partial charge in [0.25, 0.3) is 5.91 Å². The minimum absolute atomic E-state index is 0.0648. The summed E-state index contributed by atoms with van der Waals surface area (Å²) in [6, 6.07) is 13.6. The second-order valence-corrected chi connectivity index (χ2v) is 5.81. The smallest absolute Gasteiger partial charge is 0.308 e. The fraction of sp³-hybridized carbons (Fsp3) is 0.333. The van der Waals surface area contributed by atoms with Crippen LogP contribution in [0.15, 0.2) is 42.5 Å². The summed E-state index contributed by atoms with van der Waals surface area (Å²) >= 11 is 0. The largest absolute Gasteiger partial charge is 0.484 e. The van der Waals surface area contributed by atoms with Gasteiger partial charge in [-0.3, -0.25) is 9.59 Å². The molecule has 5 nitrogen and oxygen atoms in total. The van der Waals surface area contributed by atoms with E-state index in [4.69, 9.17) is 9.84 Å². The molecule has 0 aromatic heterocycles. The van der Waals surface area contributed by atoms with Crippen LogP contribution >= 0.6 is 0 Å². The molecule has 1 amide bonds. The van der Waals surface area contributed by atoms with Crippen LogP contribution in [0.25, 0.3) is 10.8 Å². The molecule has 1 heterocycles. The van der Waals surface area contributed by atoms with Crippen molar-refractivity contribution in [3.63, 3.8) is 0 Å². The molecule has 2 aromatic carbocycles. The van der Waals surface area contributed by atoms with Gasteiger partial charge in [-0.15, -0.1) is 0 Å². The van der Waals surface area contributed by atoms with Crippen LogP contribution in [0, 0.1) is 5.92 Å². The van der Waals surface area contributed by atoms with Crippen molar-refractivity contribution >= 4 is 22.6 Å². The van der Waals surface area contributed by atoms with Gasteiger partial charge in [0.1, 0.15) is 5.75 Å². The Morgan fingerprint density at radius 2 is 1.96 bits per heavy atom. The highest BCUT2D eigenvalue weighted by Crippen LogP contribution is 2.21. The number of aliphatic carboxylic acids is 1. The number of carboxylic acids is 1. The Labute approximate surface area is 134 Å². The van der Waals surface area contributed by atoms with Gasteiger partial charge in [-0.25, -0.2) is 0 Å². The monoisotopic (exact) mass is 313 g/mol. The van der Waals surface area contributed by atoms with E-state index in [-0.39, 0.29) is 19.1 Å². The fourth-order valence-corrected chi connectivity index (χ4v) is 2.90. The van der Waals surface area contributed by atoms with Crippen molar-refractivity contribution in [2.45, 2.75) is 12.8 Å². The van der Waals surface area contributed by atoms with Crippen molar-refractivity contribution in [3.8, 4) is 5.75 Å². The number of ether oxygens (including phenoxy) is 1. The molecular formula is C18H19NO4. The zero-order valence-corrected chi connectivity index (χ0v) is 12.8. The van der Waals surface area contributed by atoms with Gasteiger partial charge >= 0.3 is 5.97 Å². The summed E-state index contributed by atoms with van der Waals surface area (Å²) in [7, 11) is 0. The van der Waals surface area contributed by atoms with Crippen LogP contribution in [0.1, 0.15) is 12.8 Å². The standard InChI is InChI=1S/C18H19NO4/c20-17(19-9-3-6-15(11-19)18(21)22)12-23-16-8-7-13-4-1-2-5-14(13)10-16/h1-2,4-5,7-8,10,15H,3,6,9,11-12H2,(H,21,22)/t15-/m1/s1. The van der Waals surface area contributed by atoms with Gasteiger partial charge in [0.05, 0.1) is 5.92 Å². The number of nitrogens with zero attached hydrogens (tertiary/aromatic N) is 1. The highest BCUT2D eigenvalue weighted by Gasteiger charge is 2.28. The summed E-state index contributed by atoms with van der Waals surface area (Å²) in [5, 5.41) is 11.3. The molecular weight excluding hydrogens is 294 g/mol. The first kappa shape index (κ1) is 15.3. The molecule has 1 aliphatic heterocycles. The van der Waals surface area contributed by atoms with Crippen molar-refractivity contribution in [2.75, 3.05) is 19.7 Å². The van der Waals surface area contributed by atoms with Crippen LogP contribution < -0.4 is 4.74 Å². The Morgan fingerprint density at radius 1 is 1.17 bits per heavy atom. The number of piperidine rings is 1. The van der Waals surface area contributed by atoms with Crippen LogP contribution in [-0.4, -0.2) is 41.6 Å². The highest BCUT2D eigenvalue weighted by atomic mass is 16.5. The van der Waals surface area contributed by atoms with E-state index >= 15 is 0 Å². The molecule has 1 aliphatic rings. The molecule has 5 heteroatoms. The van der Waals surface area contributed by atoms with E-state index in [1.54, 1.807) is 4.90 Å². The average Bonchev–Trinajstić information content (AvgIpc) is 2.59. The van der Waals surface area contributed by atoms with E-state index in [1.807, 2.05) is 42.5 Å². The Morgan fingerprint density at radius 3 is 2.74 bits per heavy atom. The maximum atomic E-state index is 12.2. The highest BCUT2D eigenvalue weighted by molar-refractivity contribution is 5.84. The van der Waals surface area contributed by atoms with Gasteiger partial charge < -0.3 is 14.7 Å². The molecule has 3 rings (SSSR count). The lowest BCUT2D eigenvalue weighted by Crippen LogP contribution is -2.44. The quantitative estimate of drug-likeness (QED) is 0.942. The molecule has 0 unspecified atom stereocenters. The van der Waals surface area contributed by atoms with Gasteiger partial charge in [-0.1, -0.05) is 30.3 Å². The van der Waals surface area contributed by atoms with E-state index < -0.39 is 11.9 Å². The van der Waals surface area contributed by atoms with Gasteiger partial charge in [0.2, 0.25) is 0 Å². The minimum Gasteiger partial charge on any atom is -0.484 e. The minimum atomic E-state index is -0.835. The molecule has 0 spiro atoms. The molecule has 1 atom stereocenters. The molecule has 120 valence electrons. The molecule has 0 aliphatic carbocycles. The van der Waals surface area contributed by atoms with Crippen LogP contribution in [0.2, 0.25) is 0 Å². The number of carbonyl (C=O) groups is 2. The van der Waals surface area contributed by atoms with E-state index in [1.165, 1.54) is 0 Å². The maximum Gasteiger partial charge on any atom is 0.308 e. The number of hydrogen-bond donors (Lipinski definition) is 1. The van der Waals surface area contributed by atoms with Crippen molar-refractivity contribution in [2.24, 2.45) is 5.92 Å². The zero-order valence-electron chi connectivity index (χ0n) is 12.8. The van der Waals surface area contributed by atoms with Crippen molar-refractivity contribution in [1.29, 1.82) is 0 Å². The topological polar surface area (TPSA) is 66.8 Å². The predicted molar refractivity (Wildman–Crippen MR) is 86.4 cm³/mol. The molecule has 1 saturated heterocycles. The van der Waals surface area contributed by atoms with Gasteiger partial charge in [0.15, 0.2) is 6.61 Å². The molecule has 0 bridgehead atoms. The number of fused-ring (bicyclic) bond motifs is 1. The Kier molecular flexibility index (Phi) is 4.46. The third-order valence-electron chi connectivity index (χ3n) is 4.21. The Hall–Kier alpha value is -2.56. The van der Waals surface area contributed by atoms with Gasteiger partial charge in [-0.05, 0) is 35.7 Å². The molecule has 0 saturated carbocycles. The van der Waals surface area contributed by atoms with Crippen LogP contribution in [0.5, 0.6) is 5.75 Å². The normalized spacial score (nSPS) is 17.9. The second-order valence-electron chi connectivity index (χ2n) is 5.81. The maximum absolute atomic E-state index is 12.2. The number of carbonyl (C=O) groups excluding carboxylic acids is 1. The Balaban J connectivity index is 1.60. The number of hydrogen-bond acceptors (Lipinski definition) is 3. The van der Waals surface area contributed by atoms with E-state index in [9.17, 15) is 9.59 Å². The van der Waals surface area contributed by atoms with E-state index in [0.29, 0.717) is 18.7 Å². The third kappa shape index (κ3) is 3.62. The van der Waals surface area contributed by atoms with Crippen molar-refractivity contribution in [1.82, 2.24) is 4.90 Å². The second kappa shape index (κ2) is 6.69. The van der Waals surface area contributed by atoms with Crippen LogP contribution in [-0.2, 0) is 9.59 Å². The first-order chi connectivity index (χ1) is 11.1. The molecule has 2 aromatic rings. The first-order valence-electron chi connectivity index (χ1n) is 7.75. The first-order valence-corrected chi connectivity index (χ1v) is 7.75. The lowest BCUT2D eigenvalue weighted by molar-refractivity contribution is -0.146. The molecule has 1 fully saturated rings. The lowest BCUT2D eigenvalue weighted by atomic mass is 9.98.